The number of hydrogen-bond acceptors (Lipinski definition) is 1. The molecule has 0 saturated heterocycles. The molecule has 2 heteroatoms. The summed E-state index contributed by atoms with van der Waals surface area (Å²) < 4.78 is 7.13. The van der Waals surface area contributed by atoms with Crippen LogP contribution in [0.2, 0.25) is 14.3 Å². The predicted molar refractivity (Wildman–Crippen MR) is 48.8 cm³/mol. The molecule has 0 aliphatic heterocycles. The average Bonchev–Trinajstić information content (AvgIpc) is 1.84. The Bertz CT molecular complexity index is 81.3. The topological polar surface area (TPSA) is 9.23 Å². The fourth-order valence-corrected chi connectivity index (χ4v) is 7.15. The molecule has 0 aromatic carbocycles. The van der Waals surface area contributed by atoms with Gasteiger partial charge in [-0.25, -0.2) is 0 Å². The zero-order chi connectivity index (χ0) is 8.04. The van der Waals surface area contributed by atoms with E-state index in [1.54, 1.807) is 0 Å². The summed E-state index contributed by atoms with van der Waals surface area (Å²) in [6.07, 6.45) is 2.68. The van der Waals surface area contributed by atoms with Crippen LogP contribution in [0.15, 0.2) is 0 Å². The predicted octanol–water partition coefficient (Wildman–Crippen LogP) is 3.03. The number of unbranched alkanes of at least 4 members (excludes halogenated alkanes) is 1. The molecule has 62 valence electrons. The van der Waals surface area contributed by atoms with Gasteiger partial charge in [0.2, 0.25) is 0 Å². The van der Waals surface area contributed by atoms with E-state index in [0.29, 0.717) is 0 Å². The summed E-state index contributed by atoms with van der Waals surface area (Å²) in [6.45, 7) is 5.27. The fraction of sp³-hybridized carbons (Fsp3) is 1.00. The Kier molecular flexibility index (Phi) is 5.83. The van der Waals surface area contributed by atoms with Crippen molar-refractivity contribution in [2.24, 2.45) is 0 Å². The third-order valence-corrected chi connectivity index (χ3v) is 9.17. The van der Waals surface area contributed by atoms with Gasteiger partial charge < -0.3 is 0 Å². The second kappa shape index (κ2) is 5.41. The monoisotopic (exact) mass is 252 g/mol. The van der Waals surface area contributed by atoms with Crippen LogP contribution in [0.5, 0.6) is 0 Å². The first-order valence-corrected chi connectivity index (χ1v) is 13.2. The van der Waals surface area contributed by atoms with Gasteiger partial charge in [-0.05, 0) is 0 Å². The SMILES string of the molecule is CCC[CH2][Sn]([CH3])([CH3])[O]CC. The van der Waals surface area contributed by atoms with Crippen molar-refractivity contribution in [2.45, 2.75) is 41.0 Å². The van der Waals surface area contributed by atoms with Crippen molar-refractivity contribution in [1.82, 2.24) is 0 Å². The van der Waals surface area contributed by atoms with Crippen molar-refractivity contribution in [1.29, 1.82) is 0 Å². The summed E-state index contributed by atoms with van der Waals surface area (Å²) in [4.78, 5) is 4.74. The summed E-state index contributed by atoms with van der Waals surface area (Å²) in [6, 6.07) is 0. The Morgan fingerprint density at radius 3 is 2.20 bits per heavy atom. The van der Waals surface area contributed by atoms with E-state index >= 15 is 0 Å². The van der Waals surface area contributed by atoms with Gasteiger partial charge in [-0.1, -0.05) is 0 Å². The van der Waals surface area contributed by atoms with E-state index in [1.807, 2.05) is 0 Å². The summed E-state index contributed by atoms with van der Waals surface area (Å²) >= 11 is -1.90. The van der Waals surface area contributed by atoms with Crippen LogP contribution in [0.4, 0.5) is 0 Å². The molecular formula is C8H20OSn. The Labute approximate surface area is 69.6 Å². The molecule has 0 fully saturated rings. The molecule has 1 nitrogen and oxygen atoms in total. The van der Waals surface area contributed by atoms with Gasteiger partial charge >= 0.3 is 69.5 Å². The molecule has 0 spiro atoms. The Balaban J connectivity index is 3.42. The number of hydrogen-bond donors (Lipinski definition) is 0. The summed E-state index contributed by atoms with van der Waals surface area (Å²) in [5.41, 5.74) is 0. The Hall–Kier alpha value is 0.759. The van der Waals surface area contributed by atoms with Crippen LogP contribution in [-0.4, -0.2) is 25.4 Å². The third-order valence-electron chi connectivity index (χ3n) is 1.67. The second-order valence-electron chi connectivity index (χ2n) is 3.30. The average molecular weight is 251 g/mol. The molecule has 10 heavy (non-hydrogen) atoms. The molecular weight excluding hydrogens is 231 g/mol. The van der Waals surface area contributed by atoms with Crippen LogP contribution in [0.1, 0.15) is 26.7 Å². The molecule has 0 bridgehead atoms. The van der Waals surface area contributed by atoms with Gasteiger partial charge in [-0.2, -0.15) is 0 Å². The van der Waals surface area contributed by atoms with Gasteiger partial charge in [0.25, 0.3) is 0 Å². The zero-order valence-corrected chi connectivity index (χ0v) is 10.6. The fourth-order valence-electron chi connectivity index (χ4n) is 1.07. The minimum absolute atomic E-state index is 0.923. The van der Waals surface area contributed by atoms with E-state index < -0.39 is 18.8 Å². The van der Waals surface area contributed by atoms with E-state index in [2.05, 4.69) is 23.7 Å². The standard InChI is InChI=1S/C4H9.C2H5O.2CH3.Sn/c1-3-4-2;1-2-3;;;/h1,3-4H2,2H3;2H2,1H3;2*1H3;/q;-1;;;+1. The second-order valence-corrected chi connectivity index (χ2v) is 15.6. The van der Waals surface area contributed by atoms with E-state index in [-0.39, 0.29) is 0 Å². The van der Waals surface area contributed by atoms with E-state index in [9.17, 15) is 0 Å². The van der Waals surface area contributed by atoms with Crippen LogP contribution >= 0.6 is 0 Å². The Morgan fingerprint density at radius 2 is 1.80 bits per heavy atom. The van der Waals surface area contributed by atoms with Crippen molar-refractivity contribution < 1.29 is 3.07 Å². The molecule has 0 saturated carbocycles. The summed E-state index contributed by atoms with van der Waals surface area (Å²) in [5.74, 6) is 0. The van der Waals surface area contributed by atoms with Crippen LogP contribution in [0, 0.1) is 0 Å². The first kappa shape index (κ1) is 10.8. The van der Waals surface area contributed by atoms with E-state index in [1.165, 1.54) is 17.3 Å². The molecule has 0 radical (unpaired) electrons. The molecule has 0 unspecified atom stereocenters. The van der Waals surface area contributed by atoms with Crippen LogP contribution in [0.25, 0.3) is 0 Å². The van der Waals surface area contributed by atoms with E-state index in [4.69, 9.17) is 3.07 Å². The molecule has 0 atom stereocenters. The van der Waals surface area contributed by atoms with Gasteiger partial charge in [-0.3, -0.25) is 0 Å². The normalized spacial score (nSPS) is 12.0. The maximum atomic E-state index is 5.74. The molecule has 0 aromatic rings. The molecule has 0 aromatic heterocycles. The first-order valence-electron chi connectivity index (χ1n) is 4.26. The van der Waals surface area contributed by atoms with Gasteiger partial charge in [0, 0.05) is 0 Å². The van der Waals surface area contributed by atoms with Gasteiger partial charge in [0.15, 0.2) is 0 Å². The third kappa shape index (κ3) is 5.54. The van der Waals surface area contributed by atoms with Gasteiger partial charge in [0.05, 0.1) is 0 Å². The number of rotatable bonds is 5. The molecule has 0 aliphatic rings. The van der Waals surface area contributed by atoms with E-state index in [0.717, 1.165) is 6.61 Å². The van der Waals surface area contributed by atoms with Crippen molar-refractivity contribution in [3.63, 3.8) is 0 Å². The van der Waals surface area contributed by atoms with Crippen molar-refractivity contribution >= 4 is 18.8 Å². The zero-order valence-electron chi connectivity index (χ0n) is 7.74. The van der Waals surface area contributed by atoms with Crippen molar-refractivity contribution in [2.75, 3.05) is 6.61 Å². The molecule has 0 heterocycles. The van der Waals surface area contributed by atoms with Gasteiger partial charge in [0.1, 0.15) is 0 Å². The van der Waals surface area contributed by atoms with Crippen LogP contribution in [0.3, 0.4) is 0 Å². The van der Waals surface area contributed by atoms with Gasteiger partial charge in [-0.15, -0.1) is 0 Å². The minimum atomic E-state index is -1.90. The first-order chi connectivity index (χ1) is 4.62. The van der Waals surface area contributed by atoms with Crippen molar-refractivity contribution in [3.8, 4) is 0 Å². The molecule has 0 rings (SSSR count). The summed E-state index contributed by atoms with van der Waals surface area (Å²) in [5, 5.41) is 0. The quantitative estimate of drug-likeness (QED) is 0.682. The van der Waals surface area contributed by atoms with Crippen LogP contribution < -0.4 is 0 Å². The molecule has 0 aliphatic carbocycles. The maximum absolute atomic E-state index is 5.74. The van der Waals surface area contributed by atoms with Crippen LogP contribution in [-0.2, 0) is 3.07 Å². The molecule has 0 N–H and O–H groups in total. The summed E-state index contributed by atoms with van der Waals surface area (Å²) in [7, 11) is 0. The molecule has 0 amide bonds. The van der Waals surface area contributed by atoms with Crippen molar-refractivity contribution in [3.05, 3.63) is 0 Å². The Morgan fingerprint density at radius 1 is 1.20 bits per heavy atom.